The largest absolute Gasteiger partial charge is 0.447 e. The molecule has 0 aliphatic rings. The minimum atomic E-state index is -0.568. The van der Waals surface area contributed by atoms with E-state index < -0.39 is 6.09 Å². The number of thiocarbonyl (C=S) groups is 1. The smallest absolute Gasteiger partial charge is 0.411 e. The van der Waals surface area contributed by atoms with E-state index in [2.05, 4.69) is 5.32 Å². The van der Waals surface area contributed by atoms with Crippen molar-refractivity contribution in [3.63, 3.8) is 0 Å². The third-order valence-corrected chi connectivity index (χ3v) is 2.40. The molecule has 1 aromatic carbocycles. The lowest BCUT2D eigenvalue weighted by molar-refractivity contribution is 0.130. The molecule has 1 rings (SSSR count). The average molecular weight is 273 g/mol. The molecule has 0 heterocycles. The molecule has 17 heavy (non-hydrogen) atoms. The number of carbonyl (C=O) groups excluding carboxylic acids is 1. The highest BCUT2D eigenvalue weighted by Crippen LogP contribution is 2.23. The Morgan fingerprint density at radius 3 is 2.71 bits per heavy atom. The van der Waals surface area contributed by atoms with Crippen LogP contribution < -0.4 is 11.1 Å². The zero-order valence-corrected chi connectivity index (χ0v) is 11.1. The van der Waals surface area contributed by atoms with E-state index in [0.29, 0.717) is 16.3 Å². The molecule has 0 radical (unpaired) electrons. The van der Waals surface area contributed by atoms with E-state index >= 15 is 0 Å². The first-order chi connectivity index (χ1) is 7.90. The van der Waals surface area contributed by atoms with Crippen LogP contribution in [0.25, 0.3) is 0 Å². The van der Waals surface area contributed by atoms with E-state index in [9.17, 15) is 4.79 Å². The summed E-state index contributed by atoms with van der Waals surface area (Å²) in [4.78, 5) is 11.6. The topological polar surface area (TPSA) is 64.3 Å². The van der Waals surface area contributed by atoms with Crippen molar-refractivity contribution in [2.45, 2.75) is 20.0 Å². The lowest BCUT2D eigenvalue weighted by atomic mass is 10.2. The molecule has 0 saturated heterocycles. The third kappa shape index (κ3) is 4.20. The molecule has 0 aromatic heterocycles. The molecule has 0 saturated carbocycles. The maximum atomic E-state index is 11.4. The van der Waals surface area contributed by atoms with E-state index in [1.165, 1.54) is 0 Å². The number of rotatable bonds is 3. The molecule has 1 amide bonds. The summed E-state index contributed by atoms with van der Waals surface area (Å²) < 4.78 is 4.94. The Morgan fingerprint density at radius 1 is 1.53 bits per heavy atom. The summed E-state index contributed by atoms with van der Waals surface area (Å²) in [6, 6.07) is 4.90. The van der Waals surface area contributed by atoms with Crippen LogP contribution in [0.4, 0.5) is 10.5 Å². The second kappa shape index (κ2) is 5.84. The second-order valence-corrected chi connectivity index (χ2v) is 4.48. The maximum Gasteiger partial charge on any atom is 0.411 e. The summed E-state index contributed by atoms with van der Waals surface area (Å²) >= 11 is 10.8. The minimum absolute atomic E-state index is 0.201. The zero-order chi connectivity index (χ0) is 13.0. The first-order valence-corrected chi connectivity index (χ1v) is 5.75. The van der Waals surface area contributed by atoms with Gasteiger partial charge in [-0.25, -0.2) is 4.79 Å². The quantitative estimate of drug-likeness (QED) is 0.831. The van der Waals surface area contributed by atoms with Crippen LogP contribution in [0.3, 0.4) is 0 Å². The molecule has 92 valence electrons. The van der Waals surface area contributed by atoms with E-state index in [1.807, 2.05) is 0 Å². The van der Waals surface area contributed by atoms with Gasteiger partial charge in [-0.3, -0.25) is 5.32 Å². The van der Waals surface area contributed by atoms with Crippen molar-refractivity contribution < 1.29 is 9.53 Å². The fraction of sp³-hybridized carbons (Fsp3) is 0.273. The van der Waals surface area contributed by atoms with Crippen LogP contribution in [0.15, 0.2) is 18.2 Å². The number of amides is 1. The van der Waals surface area contributed by atoms with Gasteiger partial charge in [0.15, 0.2) is 0 Å². The van der Waals surface area contributed by atoms with Gasteiger partial charge in [0.2, 0.25) is 0 Å². The van der Waals surface area contributed by atoms with Gasteiger partial charge in [0.05, 0.1) is 16.8 Å². The number of ether oxygens (including phenoxy) is 1. The summed E-state index contributed by atoms with van der Waals surface area (Å²) in [6.07, 6.45) is -0.769. The fourth-order valence-corrected chi connectivity index (χ4v) is 1.42. The predicted molar refractivity (Wildman–Crippen MR) is 72.6 cm³/mol. The molecule has 3 N–H and O–H groups in total. The molecular weight excluding hydrogens is 260 g/mol. The Morgan fingerprint density at radius 2 is 2.18 bits per heavy atom. The Kier molecular flexibility index (Phi) is 4.72. The number of nitrogens with two attached hydrogens (primary N) is 1. The van der Waals surface area contributed by atoms with E-state index in [0.717, 1.165) is 0 Å². The molecule has 0 atom stereocenters. The molecule has 6 heteroatoms. The van der Waals surface area contributed by atoms with Gasteiger partial charge in [-0.1, -0.05) is 29.9 Å². The predicted octanol–water partition coefficient (Wildman–Crippen LogP) is 2.93. The van der Waals surface area contributed by atoms with Crippen LogP contribution in [-0.2, 0) is 4.74 Å². The lowest BCUT2D eigenvalue weighted by Crippen LogP contribution is -2.18. The van der Waals surface area contributed by atoms with Gasteiger partial charge in [-0.2, -0.15) is 0 Å². The summed E-state index contributed by atoms with van der Waals surface area (Å²) in [5.41, 5.74) is 6.54. The highest BCUT2D eigenvalue weighted by molar-refractivity contribution is 7.80. The van der Waals surface area contributed by atoms with Gasteiger partial charge in [0.1, 0.15) is 4.99 Å². The van der Waals surface area contributed by atoms with Gasteiger partial charge in [0.25, 0.3) is 0 Å². The fourth-order valence-electron chi connectivity index (χ4n) is 1.13. The van der Waals surface area contributed by atoms with E-state index in [1.54, 1.807) is 32.0 Å². The minimum Gasteiger partial charge on any atom is -0.447 e. The molecule has 0 fully saturated rings. The van der Waals surface area contributed by atoms with Crippen LogP contribution in [0.5, 0.6) is 0 Å². The van der Waals surface area contributed by atoms with Crippen molar-refractivity contribution in [3.05, 3.63) is 28.8 Å². The maximum absolute atomic E-state index is 11.4. The third-order valence-electron chi connectivity index (χ3n) is 1.83. The van der Waals surface area contributed by atoms with Gasteiger partial charge < -0.3 is 10.5 Å². The van der Waals surface area contributed by atoms with Crippen molar-refractivity contribution in [2.24, 2.45) is 5.73 Å². The molecule has 0 aliphatic heterocycles. The van der Waals surface area contributed by atoms with Crippen LogP contribution in [0.2, 0.25) is 5.02 Å². The van der Waals surface area contributed by atoms with Crippen molar-refractivity contribution in [1.29, 1.82) is 0 Å². The summed E-state index contributed by atoms with van der Waals surface area (Å²) in [5.74, 6) is 0. The van der Waals surface area contributed by atoms with Gasteiger partial charge in [0, 0.05) is 5.56 Å². The highest BCUT2D eigenvalue weighted by Gasteiger charge is 2.09. The first kappa shape index (κ1) is 13.7. The first-order valence-electron chi connectivity index (χ1n) is 4.97. The van der Waals surface area contributed by atoms with E-state index in [4.69, 9.17) is 34.3 Å². The SMILES string of the molecule is CC(C)OC(=O)Nc1cc(C(N)=S)ccc1Cl. The number of halogens is 1. The second-order valence-electron chi connectivity index (χ2n) is 3.64. The van der Waals surface area contributed by atoms with Crippen molar-refractivity contribution in [1.82, 2.24) is 0 Å². The standard InChI is InChI=1S/C11H13ClN2O2S/c1-6(2)16-11(15)14-9-5-7(10(13)17)3-4-8(9)12/h3-6H,1-2H3,(H2,13,17)(H,14,15). The molecule has 0 spiro atoms. The van der Waals surface area contributed by atoms with Crippen molar-refractivity contribution in [2.75, 3.05) is 5.32 Å². The molecule has 0 aliphatic carbocycles. The Hall–Kier alpha value is -1.33. The summed E-state index contributed by atoms with van der Waals surface area (Å²) in [7, 11) is 0. The average Bonchev–Trinajstić information content (AvgIpc) is 2.19. The van der Waals surface area contributed by atoms with Crippen LogP contribution in [0.1, 0.15) is 19.4 Å². The number of nitrogens with one attached hydrogen (secondary N) is 1. The highest BCUT2D eigenvalue weighted by atomic mass is 35.5. The van der Waals surface area contributed by atoms with Gasteiger partial charge in [-0.15, -0.1) is 0 Å². The summed E-state index contributed by atoms with van der Waals surface area (Å²) in [6.45, 7) is 3.51. The number of hydrogen-bond acceptors (Lipinski definition) is 3. The molecule has 0 bridgehead atoms. The summed E-state index contributed by atoms with van der Waals surface area (Å²) in [5, 5.41) is 2.92. The molecule has 4 nitrogen and oxygen atoms in total. The number of hydrogen-bond donors (Lipinski definition) is 2. The zero-order valence-electron chi connectivity index (χ0n) is 9.49. The van der Waals surface area contributed by atoms with Crippen molar-refractivity contribution in [3.8, 4) is 0 Å². The van der Waals surface area contributed by atoms with Crippen LogP contribution in [-0.4, -0.2) is 17.2 Å². The number of anilines is 1. The normalized spacial score (nSPS) is 10.1. The van der Waals surface area contributed by atoms with E-state index in [-0.39, 0.29) is 11.1 Å². The molecule has 1 aromatic rings. The lowest BCUT2D eigenvalue weighted by Gasteiger charge is -2.11. The Balaban J connectivity index is 2.86. The van der Waals surface area contributed by atoms with Crippen LogP contribution in [0, 0.1) is 0 Å². The Labute approximate surface area is 110 Å². The monoisotopic (exact) mass is 272 g/mol. The van der Waals surface area contributed by atoms with Gasteiger partial charge in [-0.05, 0) is 26.0 Å². The molecule has 0 unspecified atom stereocenters. The molecular formula is C11H13ClN2O2S. The van der Waals surface area contributed by atoms with Gasteiger partial charge >= 0.3 is 6.09 Å². The number of carbonyl (C=O) groups is 1. The van der Waals surface area contributed by atoms with Crippen molar-refractivity contribution >= 4 is 40.6 Å². The van der Waals surface area contributed by atoms with Crippen LogP contribution >= 0.6 is 23.8 Å². The Bertz CT molecular complexity index is 449. The number of benzene rings is 1.